The fourth-order valence-electron chi connectivity index (χ4n) is 4.35. The SMILES string of the molecule is CC(=O)c1ccc(N2CCN(C(=O)c3cc4n(n3)CC(c3ccc(Cl)cc3)OC4)CC2)cc1. The van der Waals surface area contributed by atoms with Gasteiger partial charge in [0.25, 0.3) is 5.91 Å². The van der Waals surface area contributed by atoms with Gasteiger partial charge in [-0.2, -0.15) is 5.10 Å². The number of piperazine rings is 1. The van der Waals surface area contributed by atoms with Crippen molar-refractivity contribution in [1.29, 1.82) is 0 Å². The summed E-state index contributed by atoms with van der Waals surface area (Å²) in [6.07, 6.45) is -0.115. The Labute approximate surface area is 197 Å². The number of carbonyl (C=O) groups excluding carboxylic acids is 2. The number of hydrogen-bond donors (Lipinski definition) is 0. The van der Waals surface area contributed by atoms with Crippen LogP contribution >= 0.6 is 11.6 Å². The normalized spacial score (nSPS) is 18.2. The molecule has 1 saturated heterocycles. The third kappa shape index (κ3) is 4.51. The average Bonchev–Trinajstić information content (AvgIpc) is 3.28. The van der Waals surface area contributed by atoms with Gasteiger partial charge in [-0.25, -0.2) is 0 Å². The van der Waals surface area contributed by atoms with E-state index >= 15 is 0 Å². The van der Waals surface area contributed by atoms with Crippen molar-refractivity contribution in [3.05, 3.63) is 82.1 Å². The second kappa shape index (κ2) is 9.00. The van der Waals surface area contributed by atoms with Crippen LogP contribution in [-0.4, -0.2) is 52.5 Å². The number of hydrogen-bond acceptors (Lipinski definition) is 5. The first kappa shape index (κ1) is 21.7. The van der Waals surface area contributed by atoms with Crippen molar-refractivity contribution in [2.45, 2.75) is 26.2 Å². The van der Waals surface area contributed by atoms with Crippen LogP contribution in [0.3, 0.4) is 0 Å². The van der Waals surface area contributed by atoms with E-state index in [2.05, 4.69) is 10.00 Å². The van der Waals surface area contributed by atoms with Crippen molar-refractivity contribution >= 4 is 29.0 Å². The highest BCUT2D eigenvalue weighted by Gasteiger charge is 2.28. The lowest BCUT2D eigenvalue weighted by atomic mass is 10.1. The van der Waals surface area contributed by atoms with Crippen LogP contribution in [0.5, 0.6) is 0 Å². The number of anilines is 1. The maximum absolute atomic E-state index is 13.1. The van der Waals surface area contributed by atoms with E-state index in [1.54, 1.807) is 6.92 Å². The Morgan fingerprint density at radius 1 is 1.00 bits per heavy atom. The van der Waals surface area contributed by atoms with E-state index in [9.17, 15) is 9.59 Å². The fourth-order valence-corrected chi connectivity index (χ4v) is 4.47. The first-order valence-electron chi connectivity index (χ1n) is 11.1. The number of ether oxygens (including phenoxy) is 1. The van der Waals surface area contributed by atoms with Gasteiger partial charge in [-0.1, -0.05) is 23.7 Å². The van der Waals surface area contributed by atoms with Crippen molar-refractivity contribution in [2.24, 2.45) is 0 Å². The minimum Gasteiger partial charge on any atom is -0.368 e. The smallest absolute Gasteiger partial charge is 0.274 e. The number of carbonyl (C=O) groups is 2. The Hall–Kier alpha value is -3.16. The predicted molar refractivity (Wildman–Crippen MR) is 126 cm³/mol. The van der Waals surface area contributed by atoms with E-state index in [4.69, 9.17) is 16.3 Å². The van der Waals surface area contributed by atoms with Crippen LogP contribution in [0.15, 0.2) is 54.6 Å². The molecule has 1 amide bonds. The quantitative estimate of drug-likeness (QED) is 0.546. The summed E-state index contributed by atoms with van der Waals surface area (Å²) in [4.78, 5) is 28.7. The van der Waals surface area contributed by atoms with Crippen LogP contribution in [0.1, 0.15) is 45.1 Å². The first-order valence-corrected chi connectivity index (χ1v) is 11.4. The summed E-state index contributed by atoms with van der Waals surface area (Å²) < 4.78 is 7.88. The Balaban J connectivity index is 1.21. The Bertz CT molecular complexity index is 1170. The summed E-state index contributed by atoms with van der Waals surface area (Å²) >= 11 is 5.99. The number of rotatable bonds is 4. The molecular formula is C25H25ClN4O3. The number of halogens is 1. The molecule has 0 aliphatic carbocycles. The molecule has 0 radical (unpaired) electrons. The van der Waals surface area contributed by atoms with E-state index in [-0.39, 0.29) is 17.8 Å². The minimum absolute atomic E-state index is 0.0495. The lowest BCUT2D eigenvalue weighted by Gasteiger charge is -2.35. The van der Waals surface area contributed by atoms with E-state index in [1.165, 1.54) is 0 Å². The van der Waals surface area contributed by atoms with Gasteiger partial charge in [-0.15, -0.1) is 0 Å². The van der Waals surface area contributed by atoms with E-state index in [1.807, 2.05) is 64.2 Å². The first-order chi connectivity index (χ1) is 16.0. The van der Waals surface area contributed by atoms with Gasteiger partial charge in [0.2, 0.25) is 0 Å². The lowest BCUT2D eigenvalue weighted by molar-refractivity contribution is -0.00121. The summed E-state index contributed by atoms with van der Waals surface area (Å²) in [6, 6.07) is 17.1. The van der Waals surface area contributed by atoms with Crippen LogP contribution in [-0.2, 0) is 17.9 Å². The molecule has 0 spiro atoms. The van der Waals surface area contributed by atoms with Crippen molar-refractivity contribution in [3.63, 3.8) is 0 Å². The Morgan fingerprint density at radius 2 is 1.70 bits per heavy atom. The van der Waals surface area contributed by atoms with Gasteiger partial charge in [0.15, 0.2) is 11.5 Å². The molecule has 0 saturated carbocycles. The number of benzene rings is 2. The molecule has 3 aromatic rings. The largest absolute Gasteiger partial charge is 0.368 e. The monoisotopic (exact) mass is 464 g/mol. The number of aromatic nitrogens is 2. The zero-order valence-electron chi connectivity index (χ0n) is 18.4. The maximum Gasteiger partial charge on any atom is 0.274 e. The molecule has 3 heterocycles. The molecule has 0 bridgehead atoms. The fraction of sp³-hybridized carbons (Fsp3) is 0.320. The van der Waals surface area contributed by atoms with Crippen LogP contribution in [0.25, 0.3) is 0 Å². The molecule has 7 nitrogen and oxygen atoms in total. The second-order valence-electron chi connectivity index (χ2n) is 8.44. The van der Waals surface area contributed by atoms with E-state index < -0.39 is 0 Å². The molecule has 2 aromatic carbocycles. The van der Waals surface area contributed by atoms with Crippen molar-refractivity contribution < 1.29 is 14.3 Å². The molecule has 0 N–H and O–H groups in total. The van der Waals surface area contributed by atoms with Gasteiger partial charge in [-0.3, -0.25) is 14.3 Å². The molecule has 170 valence electrons. The van der Waals surface area contributed by atoms with Crippen LogP contribution in [0.2, 0.25) is 5.02 Å². The van der Waals surface area contributed by atoms with Crippen LogP contribution in [0, 0.1) is 0 Å². The highest BCUT2D eigenvalue weighted by Crippen LogP contribution is 2.28. The van der Waals surface area contributed by atoms with Gasteiger partial charge in [0.05, 0.1) is 18.8 Å². The zero-order valence-corrected chi connectivity index (χ0v) is 19.2. The summed E-state index contributed by atoms with van der Waals surface area (Å²) in [7, 11) is 0. The van der Waals surface area contributed by atoms with Gasteiger partial charge in [0, 0.05) is 42.5 Å². The van der Waals surface area contributed by atoms with Crippen LogP contribution < -0.4 is 4.90 Å². The summed E-state index contributed by atoms with van der Waals surface area (Å²) in [6.45, 7) is 5.27. The second-order valence-corrected chi connectivity index (χ2v) is 8.87. The highest BCUT2D eigenvalue weighted by molar-refractivity contribution is 6.30. The average molecular weight is 465 g/mol. The van der Waals surface area contributed by atoms with Gasteiger partial charge in [0.1, 0.15) is 6.10 Å². The molecule has 1 unspecified atom stereocenters. The standard InChI is InChI=1S/C25H25ClN4O3/c1-17(31)18-4-8-21(9-5-18)28-10-12-29(13-11-28)25(32)23-14-22-16-33-24(15-30(22)27-23)19-2-6-20(26)7-3-19/h2-9,14,24H,10-13,15-16H2,1H3. The van der Waals surface area contributed by atoms with E-state index in [0.717, 1.165) is 30.0 Å². The molecule has 5 rings (SSSR count). The van der Waals surface area contributed by atoms with Gasteiger partial charge < -0.3 is 14.5 Å². The lowest BCUT2D eigenvalue weighted by Crippen LogP contribution is -2.48. The molecule has 1 atom stereocenters. The number of fused-ring (bicyclic) bond motifs is 1. The molecule has 2 aliphatic rings. The summed E-state index contributed by atoms with van der Waals surface area (Å²) in [5, 5.41) is 5.29. The number of amides is 1. The Morgan fingerprint density at radius 3 is 2.36 bits per heavy atom. The third-order valence-corrected chi connectivity index (χ3v) is 6.55. The predicted octanol–water partition coefficient (Wildman–Crippen LogP) is 3.97. The van der Waals surface area contributed by atoms with Crippen molar-refractivity contribution in [3.8, 4) is 0 Å². The minimum atomic E-state index is -0.115. The number of nitrogens with zero attached hydrogens (tertiary/aromatic N) is 4. The summed E-state index contributed by atoms with van der Waals surface area (Å²) in [5.74, 6) is 0.0103. The molecule has 33 heavy (non-hydrogen) atoms. The molecule has 1 aromatic heterocycles. The molecule has 8 heteroatoms. The van der Waals surface area contributed by atoms with Crippen molar-refractivity contribution in [2.75, 3.05) is 31.1 Å². The number of ketones is 1. The maximum atomic E-state index is 13.1. The van der Waals surface area contributed by atoms with Crippen LogP contribution in [0.4, 0.5) is 5.69 Å². The zero-order chi connectivity index (χ0) is 22.9. The third-order valence-electron chi connectivity index (χ3n) is 6.30. The Kier molecular flexibility index (Phi) is 5.91. The van der Waals surface area contributed by atoms with Crippen molar-refractivity contribution in [1.82, 2.24) is 14.7 Å². The molecule has 2 aliphatic heterocycles. The van der Waals surface area contributed by atoms with E-state index in [0.29, 0.717) is 42.5 Å². The molecular weight excluding hydrogens is 440 g/mol. The van der Waals surface area contributed by atoms with Gasteiger partial charge in [-0.05, 0) is 55.0 Å². The molecule has 1 fully saturated rings. The van der Waals surface area contributed by atoms with Gasteiger partial charge >= 0.3 is 0 Å². The summed E-state index contributed by atoms with van der Waals surface area (Å²) in [5.41, 5.74) is 4.19. The highest BCUT2D eigenvalue weighted by atomic mass is 35.5. The number of Topliss-reactive ketones (excluding diaryl/α,β-unsaturated/α-hetero) is 1. The topological polar surface area (TPSA) is 67.7 Å².